The molecule has 22 heavy (non-hydrogen) atoms. The van der Waals surface area contributed by atoms with Crippen LogP contribution < -0.4 is 5.32 Å². The van der Waals surface area contributed by atoms with Gasteiger partial charge in [0.15, 0.2) is 5.65 Å². The van der Waals surface area contributed by atoms with Crippen LogP contribution in [0.5, 0.6) is 0 Å². The number of carbonyl (C=O) groups is 2. The molecular weight excluding hydrogens is 284 g/mol. The van der Waals surface area contributed by atoms with Crippen LogP contribution >= 0.6 is 0 Å². The minimum Gasteiger partial charge on any atom is -0.480 e. The molecule has 2 aromatic rings. The summed E-state index contributed by atoms with van der Waals surface area (Å²) in [7, 11) is 1.76. The van der Waals surface area contributed by atoms with Crippen molar-refractivity contribution < 1.29 is 14.7 Å². The molecule has 1 amide bonds. The fourth-order valence-electron chi connectivity index (χ4n) is 2.36. The number of pyridine rings is 1. The number of hydrogen-bond acceptors (Lipinski definition) is 4. The summed E-state index contributed by atoms with van der Waals surface area (Å²) < 4.78 is 1.62. The fraction of sp³-hybridized carbons (Fsp3) is 0.467. The number of nitrogens with zero attached hydrogens (tertiary/aromatic N) is 3. The van der Waals surface area contributed by atoms with Crippen LogP contribution in [0.1, 0.15) is 42.0 Å². The monoisotopic (exact) mass is 304 g/mol. The first kappa shape index (κ1) is 15.9. The van der Waals surface area contributed by atoms with Crippen LogP contribution in [0.2, 0.25) is 0 Å². The van der Waals surface area contributed by atoms with E-state index in [1.54, 1.807) is 38.6 Å². The summed E-state index contributed by atoms with van der Waals surface area (Å²) in [6.07, 6.45) is 0.285. The average molecular weight is 304 g/mol. The van der Waals surface area contributed by atoms with Gasteiger partial charge in [-0.25, -0.2) is 9.78 Å². The van der Waals surface area contributed by atoms with E-state index in [1.807, 2.05) is 0 Å². The Kier molecular flexibility index (Phi) is 3.91. The number of hydrogen-bond donors (Lipinski definition) is 2. The Bertz CT molecular complexity index is 766. The number of aryl methyl sites for hydroxylation is 3. The van der Waals surface area contributed by atoms with Crippen LogP contribution in [0.3, 0.4) is 0 Å². The van der Waals surface area contributed by atoms with Crippen molar-refractivity contribution in [1.82, 2.24) is 20.1 Å². The van der Waals surface area contributed by atoms with E-state index < -0.39 is 17.4 Å². The summed E-state index contributed by atoms with van der Waals surface area (Å²) in [4.78, 5) is 28.4. The van der Waals surface area contributed by atoms with Crippen molar-refractivity contribution in [2.75, 3.05) is 0 Å². The minimum atomic E-state index is -1.31. The van der Waals surface area contributed by atoms with Gasteiger partial charge in [-0.15, -0.1) is 0 Å². The molecule has 1 unspecified atom stereocenters. The van der Waals surface area contributed by atoms with E-state index in [2.05, 4.69) is 15.4 Å². The lowest BCUT2D eigenvalue weighted by atomic mass is 9.98. The first-order valence-electron chi connectivity index (χ1n) is 7.06. The summed E-state index contributed by atoms with van der Waals surface area (Å²) >= 11 is 0. The molecule has 1 atom stereocenters. The SMILES string of the molecule is CCC(C)(NC(=O)c1cc(C)nc2c1c(C)nn2C)C(=O)O. The number of aromatic nitrogens is 3. The summed E-state index contributed by atoms with van der Waals surface area (Å²) in [5.74, 6) is -1.49. The van der Waals surface area contributed by atoms with Gasteiger partial charge in [-0.05, 0) is 33.3 Å². The first-order valence-corrected chi connectivity index (χ1v) is 7.06. The van der Waals surface area contributed by atoms with Crippen molar-refractivity contribution >= 4 is 22.9 Å². The molecule has 0 aliphatic rings. The third-order valence-corrected chi connectivity index (χ3v) is 3.91. The third kappa shape index (κ3) is 2.54. The molecule has 0 radical (unpaired) electrons. The molecule has 0 fully saturated rings. The van der Waals surface area contributed by atoms with Gasteiger partial charge in [0.1, 0.15) is 5.54 Å². The van der Waals surface area contributed by atoms with E-state index in [9.17, 15) is 14.7 Å². The van der Waals surface area contributed by atoms with Crippen LogP contribution in [0, 0.1) is 13.8 Å². The Hall–Kier alpha value is -2.44. The van der Waals surface area contributed by atoms with Crippen molar-refractivity contribution in [3.05, 3.63) is 23.0 Å². The lowest BCUT2D eigenvalue weighted by molar-refractivity contribution is -0.143. The second-order valence-corrected chi connectivity index (χ2v) is 5.66. The van der Waals surface area contributed by atoms with Gasteiger partial charge >= 0.3 is 5.97 Å². The summed E-state index contributed by atoms with van der Waals surface area (Å²) in [5, 5.41) is 16.9. The van der Waals surface area contributed by atoms with E-state index in [4.69, 9.17) is 0 Å². The highest BCUT2D eigenvalue weighted by Gasteiger charge is 2.33. The highest BCUT2D eigenvalue weighted by atomic mass is 16.4. The van der Waals surface area contributed by atoms with Crippen LogP contribution in [0.4, 0.5) is 0 Å². The highest BCUT2D eigenvalue weighted by molar-refractivity contribution is 6.08. The first-order chi connectivity index (χ1) is 10.2. The molecule has 0 saturated carbocycles. The number of carboxylic acid groups (broad SMARTS) is 1. The molecule has 0 aliphatic heterocycles. The largest absolute Gasteiger partial charge is 0.480 e. The molecule has 0 aromatic carbocycles. The zero-order valence-corrected chi connectivity index (χ0v) is 13.4. The van der Waals surface area contributed by atoms with E-state index in [-0.39, 0.29) is 6.42 Å². The van der Waals surface area contributed by atoms with Gasteiger partial charge < -0.3 is 10.4 Å². The Morgan fingerprint density at radius 2 is 2.05 bits per heavy atom. The molecule has 0 spiro atoms. The van der Waals surface area contributed by atoms with Gasteiger partial charge in [0.25, 0.3) is 5.91 Å². The van der Waals surface area contributed by atoms with Gasteiger partial charge in [0.2, 0.25) is 0 Å². The smallest absolute Gasteiger partial charge is 0.329 e. The number of aliphatic carboxylic acids is 1. The quantitative estimate of drug-likeness (QED) is 0.893. The van der Waals surface area contributed by atoms with E-state index in [0.717, 1.165) is 0 Å². The standard InChI is InChI=1S/C15H20N4O3/c1-6-15(4,14(21)22)17-13(20)10-7-8(2)16-12-11(10)9(3)18-19(12)5/h7H,6H2,1-5H3,(H,17,20)(H,21,22). The zero-order valence-electron chi connectivity index (χ0n) is 13.4. The maximum Gasteiger partial charge on any atom is 0.329 e. The minimum absolute atomic E-state index is 0.285. The predicted octanol–water partition coefficient (Wildman–Crippen LogP) is 1.57. The highest BCUT2D eigenvalue weighted by Crippen LogP contribution is 2.22. The zero-order chi connectivity index (χ0) is 16.7. The molecule has 2 rings (SSSR count). The third-order valence-electron chi connectivity index (χ3n) is 3.91. The van der Waals surface area contributed by atoms with Crippen LogP contribution in [-0.4, -0.2) is 37.3 Å². The lowest BCUT2D eigenvalue weighted by Gasteiger charge is -2.24. The molecule has 0 aliphatic carbocycles. The van der Waals surface area contributed by atoms with Crippen molar-refractivity contribution in [3.63, 3.8) is 0 Å². The molecule has 118 valence electrons. The Morgan fingerprint density at radius 1 is 1.41 bits per heavy atom. The van der Waals surface area contributed by atoms with E-state index >= 15 is 0 Å². The number of rotatable bonds is 4. The van der Waals surface area contributed by atoms with Crippen LogP contribution in [-0.2, 0) is 11.8 Å². The molecular formula is C15H20N4O3. The number of carboxylic acids is 1. The van der Waals surface area contributed by atoms with Crippen molar-refractivity contribution in [2.24, 2.45) is 7.05 Å². The maximum atomic E-state index is 12.6. The second kappa shape index (κ2) is 5.40. The van der Waals surface area contributed by atoms with Gasteiger partial charge in [0.05, 0.1) is 16.6 Å². The molecule has 7 heteroatoms. The molecule has 2 heterocycles. The topological polar surface area (TPSA) is 97.1 Å². The van der Waals surface area contributed by atoms with Gasteiger partial charge in [-0.1, -0.05) is 6.92 Å². The fourth-order valence-corrected chi connectivity index (χ4v) is 2.36. The van der Waals surface area contributed by atoms with E-state index in [0.29, 0.717) is 28.0 Å². The van der Waals surface area contributed by atoms with Gasteiger partial charge in [0, 0.05) is 12.7 Å². The summed E-state index contributed by atoms with van der Waals surface area (Å²) in [6.45, 7) is 6.80. The Morgan fingerprint density at radius 3 is 2.59 bits per heavy atom. The molecule has 2 aromatic heterocycles. The Balaban J connectivity index is 2.55. The second-order valence-electron chi connectivity index (χ2n) is 5.66. The molecule has 0 bridgehead atoms. The van der Waals surface area contributed by atoms with Crippen molar-refractivity contribution in [3.8, 4) is 0 Å². The average Bonchev–Trinajstić information content (AvgIpc) is 2.72. The summed E-state index contributed by atoms with van der Waals surface area (Å²) in [5.41, 5.74) is 1.06. The predicted molar refractivity (Wildman–Crippen MR) is 81.8 cm³/mol. The number of carbonyl (C=O) groups excluding carboxylic acids is 1. The van der Waals surface area contributed by atoms with Crippen molar-refractivity contribution in [1.29, 1.82) is 0 Å². The van der Waals surface area contributed by atoms with Crippen molar-refractivity contribution in [2.45, 2.75) is 39.7 Å². The molecule has 7 nitrogen and oxygen atoms in total. The Labute approximate surface area is 128 Å². The van der Waals surface area contributed by atoms with Gasteiger partial charge in [-0.2, -0.15) is 5.10 Å². The molecule has 2 N–H and O–H groups in total. The lowest BCUT2D eigenvalue weighted by Crippen LogP contribution is -2.51. The van der Waals surface area contributed by atoms with Crippen LogP contribution in [0.15, 0.2) is 6.07 Å². The molecule has 0 saturated heterocycles. The number of amides is 1. The van der Waals surface area contributed by atoms with Gasteiger partial charge in [-0.3, -0.25) is 9.48 Å². The maximum absolute atomic E-state index is 12.6. The normalized spacial score (nSPS) is 13.9. The van der Waals surface area contributed by atoms with Crippen LogP contribution in [0.25, 0.3) is 11.0 Å². The number of fused-ring (bicyclic) bond motifs is 1. The summed E-state index contributed by atoms with van der Waals surface area (Å²) in [6, 6.07) is 1.66. The van der Waals surface area contributed by atoms with E-state index in [1.165, 1.54) is 6.92 Å². The number of nitrogens with one attached hydrogen (secondary N) is 1.